The Hall–Kier alpha value is -2.17. The predicted octanol–water partition coefficient (Wildman–Crippen LogP) is 0.984. The molecule has 0 atom stereocenters. The zero-order chi connectivity index (χ0) is 17.3. The summed E-state index contributed by atoms with van der Waals surface area (Å²) in [5.74, 6) is 0.131. The average molecular weight is 339 g/mol. The smallest absolute Gasteiger partial charge is 0.286 e. The summed E-state index contributed by atoms with van der Waals surface area (Å²) < 4.78 is 0. The number of nitrogens with one attached hydrogen (secondary N) is 1. The van der Waals surface area contributed by atoms with Crippen molar-refractivity contribution >= 4 is 17.3 Å². The molecule has 0 bridgehead atoms. The molecule has 1 aliphatic heterocycles. The molecule has 0 radical (unpaired) electrons. The van der Waals surface area contributed by atoms with Crippen molar-refractivity contribution < 1.29 is 15.0 Å². The van der Waals surface area contributed by atoms with Gasteiger partial charge in [-0.05, 0) is 43.5 Å². The van der Waals surface area contributed by atoms with Crippen LogP contribution in [0, 0.1) is 0 Å². The molecular weight excluding hydrogens is 310 g/mol. The molecule has 1 fully saturated rings. The van der Waals surface area contributed by atoms with Crippen LogP contribution in [0.2, 0.25) is 0 Å². The number of quaternary nitrogens is 2. The Morgan fingerprint density at radius 2 is 1.44 bits per heavy atom. The van der Waals surface area contributed by atoms with Crippen LogP contribution in [0.25, 0.3) is 0 Å². The Labute approximate surface area is 150 Å². The van der Waals surface area contributed by atoms with Gasteiger partial charge in [-0.1, -0.05) is 36.4 Å². The van der Waals surface area contributed by atoms with Gasteiger partial charge in [0.25, 0.3) is 5.91 Å². The normalized spacial score (nSPS) is 15.0. The molecule has 1 saturated heterocycles. The zero-order valence-corrected chi connectivity index (χ0v) is 14.9. The summed E-state index contributed by atoms with van der Waals surface area (Å²) in [6.07, 6.45) is 4.09. The quantitative estimate of drug-likeness (QED) is 0.726. The summed E-state index contributed by atoms with van der Waals surface area (Å²) in [6, 6.07) is 19.8. The van der Waals surface area contributed by atoms with E-state index in [1.54, 1.807) is 4.90 Å². The number of carbonyl (C=O) groups is 1. The van der Waals surface area contributed by atoms with E-state index >= 15 is 0 Å². The third-order valence-corrected chi connectivity index (χ3v) is 4.86. The van der Waals surface area contributed by atoms with E-state index in [0.717, 1.165) is 24.5 Å². The first-order valence-corrected chi connectivity index (χ1v) is 9.43. The van der Waals surface area contributed by atoms with Crippen LogP contribution in [0.1, 0.15) is 19.3 Å². The number of nitrogens with two attached hydrogens (primary N) is 1. The highest BCUT2D eigenvalue weighted by Gasteiger charge is 2.19. The highest BCUT2D eigenvalue weighted by molar-refractivity contribution is 6.00. The molecule has 3 N–H and O–H groups in total. The molecule has 0 spiro atoms. The summed E-state index contributed by atoms with van der Waals surface area (Å²) in [6.45, 7) is 5.24. The number of para-hydroxylation sites is 2. The maximum atomic E-state index is 12.9. The van der Waals surface area contributed by atoms with Crippen molar-refractivity contribution in [2.75, 3.05) is 37.6 Å². The number of amides is 1. The monoisotopic (exact) mass is 339 g/mol. The Kier molecular flexibility index (Phi) is 6.60. The first-order chi connectivity index (χ1) is 12.3. The second kappa shape index (κ2) is 9.35. The van der Waals surface area contributed by atoms with Crippen LogP contribution in [0.4, 0.5) is 11.4 Å². The van der Waals surface area contributed by atoms with Crippen molar-refractivity contribution in [2.24, 2.45) is 0 Å². The molecule has 4 heteroatoms. The van der Waals surface area contributed by atoms with Crippen LogP contribution in [-0.4, -0.2) is 38.6 Å². The maximum Gasteiger partial charge on any atom is 0.286 e. The van der Waals surface area contributed by atoms with Gasteiger partial charge in [0.05, 0.1) is 13.1 Å². The summed E-state index contributed by atoms with van der Waals surface area (Å²) in [5, 5.41) is 2.16. The highest BCUT2D eigenvalue weighted by atomic mass is 16.2. The molecule has 2 aromatic carbocycles. The fourth-order valence-corrected chi connectivity index (χ4v) is 3.52. The molecule has 0 aromatic heterocycles. The van der Waals surface area contributed by atoms with E-state index in [1.165, 1.54) is 32.4 Å². The van der Waals surface area contributed by atoms with Crippen LogP contribution in [0.15, 0.2) is 60.7 Å². The van der Waals surface area contributed by atoms with Crippen molar-refractivity contribution in [3.05, 3.63) is 60.7 Å². The third kappa shape index (κ3) is 5.15. The number of likely N-dealkylation sites (tertiary alicyclic amines) is 1. The van der Waals surface area contributed by atoms with Crippen LogP contribution in [0.3, 0.4) is 0 Å². The summed E-state index contributed by atoms with van der Waals surface area (Å²) >= 11 is 0. The van der Waals surface area contributed by atoms with E-state index in [1.807, 2.05) is 65.6 Å². The van der Waals surface area contributed by atoms with E-state index in [4.69, 9.17) is 0 Å². The van der Waals surface area contributed by atoms with E-state index in [-0.39, 0.29) is 5.91 Å². The standard InChI is InChI=1S/C21H27N3O/c25-21(18-22-14-17-23-15-8-3-9-16-23)24(19-10-4-1-5-11-19)20-12-6-2-7-13-20/h1-2,4-7,10-13,22H,3,8-9,14-18H2/p+2. The lowest BCUT2D eigenvalue weighted by atomic mass is 10.1. The Morgan fingerprint density at radius 1 is 0.880 bits per heavy atom. The fraction of sp³-hybridized carbons (Fsp3) is 0.381. The lowest BCUT2D eigenvalue weighted by molar-refractivity contribution is -0.916. The van der Waals surface area contributed by atoms with Gasteiger partial charge in [0, 0.05) is 11.4 Å². The summed E-state index contributed by atoms with van der Waals surface area (Å²) in [4.78, 5) is 16.4. The molecule has 1 aliphatic rings. The van der Waals surface area contributed by atoms with Gasteiger partial charge in [0.15, 0.2) is 6.54 Å². The Balaban J connectivity index is 1.58. The van der Waals surface area contributed by atoms with Crippen LogP contribution in [0.5, 0.6) is 0 Å². The number of piperidine rings is 1. The number of carbonyl (C=O) groups excluding carboxylic acids is 1. The van der Waals surface area contributed by atoms with Crippen LogP contribution >= 0.6 is 0 Å². The number of benzene rings is 2. The molecule has 3 rings (SSSR count). The van der Waals surface area contributed by atoms with Crippen molar-refractivity contribution in [1.29, 1.82) is 0 Å². The van der Waals surface area contributed by atoms with Crippen molar-refractivity contribution in [3.8, 4) is 0 Å². The van der Waals surface area contributed by atoms with Gasteiger partial charge >= 0.3 is 0 Å². The third-order valence-electron chi connectivity index (χ3n) is 4.86. The fourth-order valence-electron chi connectivity index (χ4n) is 3.52. The number of hydrogen-bond donors (Lipinski definition) is 2. The van der Waals surface area contributed by atoms with Gasteiger partial charge in [0.2, 0.25) is 0 Å². The minimum atomic E-state index is 0.131. The van der Waals surface area contributed by atoms with Gasteiger partial charge in [-0.25, -0.2) is 0 Å². The lowest BCUT2D eigenvalue weighted by Gasteiger charge is -2.24. The topological polar surface area (TPSA) is 41.4 Å². The lowest BCUT2D eigenvalue weighted by Crippen LogP contribution is -3.15. The highest BCUT2D eigenvalue weighted by Crippen LogP contribution is 2.24. The molecule has 0 saturated carbocycles. The minimum Gasteiger partial charge on any atom is -0.334 e. The number of nitrogens with zero attached hydrogens (tertiary/aromatic N) is 1. The molecule has 2 aromatic rings. The Bertz CT molecular complexity index is 599. The zero-order valence-electron chi connectivity index (χ0n) is 14.9. The Morgan fingerprint density at radius 3 is 2.00 bits per heavy atom. The molecule has 1 heterocycles. The van der Waals surface area contributed by atoms with E-state index < -0.39 is 0 Å². The molecular formula is C21H29N3O+2. The van der Waals surface area contributed by atoms with Gasteiger partial charge in [-0.3, -0.25) is 9.69 Å². The molecule has 1 amide bonds. The van der Waals surface area contributed by atoms with Gasteiger partial charge in [-0.15, -0.1) is 0 Å². The maximum absolute atomic E-state index is 12.9. The second-order valence-corrected chi connectivity index (χ2v) is 6.74. The van der Waals surface area contributed by atoms with E-state index in [2.05, 4.69) is 5.32 Å². The van der Waals surface area contributed by atoms with Crippen LogP contribution < -0.4 is 15.1 Å². The molecule has 132 valence electrons. The van der Waals surface area contributed by atoms with Crippen molar-refractivity contribution in [2.45, 2.75) is 19.3 Å². The number of rotatable bonds is 7. The summed E-state index contributed by atoms with van der Waals surface area (Å²) in [5.41, 5.74) is 1.85. The second-order valence-electron chi connectivity index (χ2n) is 6.74. The number of anilines is 2. The van der Waals surface area contributed by atoms with Crippen LogP contribution in [-0.2, 0) is 4.79 Å². The molecule has 0 aliphatic carbocycles. The van der Waals surface area contributed by atoms with E-state index in [9.17, 15) is 4.79 Å². The van der Waals surface area contributed by atoms with Crippen molar-refractivity contribution in [3.63, 3.8) is 0 Å². The first-order valence-electron chi connectivity index (χ1n) is 9.43. The number of hydrogen-bond acceptors (Lipinski definition) is 1. The molecule has 25 heavy (non-hydrogen) atoms. The molecule has 4 nitrogen and oxygen atoms in total. The SMILES string of the molecule is O=C(C[NH2+]CC[NH+]1CCCCC1)N(c1ccccc1)c1ccccc1. The van der Waals surface area contributed by atoms with Gasteiger partial charge in [-0.2, -0.15) is 0 Å². The summed E-state index contributed by atoms with van der Waals surface area (Å²) in [7, 11) is 0. The predicted molar refractivity (Wildman–Crippen MR) is 101 cm³/mol. The van der Waals surface area contributed by atoms with Gasteiger partial charge < -0.3 is 10.2 Å². The van der Waals surface area contributed by atoms with Gasteiger partial charge in [0.1, 0.15) is 13.1 Å². The van der Waals surface area contributed by atoms with Crippen molar-refractivity contribution in [1.82, 2.24) is 0 Å². The largest absolute Gasteiger partial charge is 0.334 e. The average Bonchev–Trinajstić information content (AvgIpc) is 2.68. The minimum absolute atomic E-state index is 0.131. The van der Waals surface area contributed by atoms with E-state index in [0.29, 0.717) is 6.54 Å². The molecule has 0 unspecified atom stereocenters. The first kappa shape index (κ1) is 17.6.